The van der Waals surface area contributed by atoms with Gasteiger partial charge < -0.3 is 4.74 Å². The molecular formula is C16H23NO. The molecule has 1 aromatic rings. The van der Waals surface area contributed by atoms with Crippen molar-refractivity contribution in [3.63, 3.8) is 0 Å². The van der Waals surface area contributed by atoms with Crippen LogP contribution in [-0.4, -0.2) is 24.0 Å². The fourth-order valence-electron chi connectivity index (χ4n) is 3.07. The Hall–Kier alpha value is -0.860. The molecule has 2 aliphatic rings. The number of hydrogen-bond donors (Lipinski definition) is 0. The van der Waals surface area contributed by atoms with Crippen LogP contribution in [0.15, 0.2) is 18.2 Å². The van der Waals surface area contributed by atoms with Crippen molar-refractivity contribution in [3.8, 4) is 0 Å². The SMILES string of the molecule is CC(C)c1ccc2c(c1)COC21CN(C(C)C)C1. The van der Waals surface area contributed by atoms with Gasteiger partial charge in [0.05, 0.1) is 6.61 Å². The summed E-state index contributed by atoms with van der Waals surface area (Å²) in [6.45, 7) is 11.9. The van der Waals surface area contributed by atoms with Crippen LogP contribution < -0.4 is 0 Å². The smallest absolute Gasteiger partial charge is 0.119 e. The fourth-order valence-corrected chi connectivity index (χ4v) is 3.07. The standard InChI is InChI=1S/C16H23NO/c1-11(2)13-5-6-15-14(7-13)8-18-16(15)9-17(10-16)12(3)4/h5-7,11-12H,8-10H2,1-4H3. The summed E-state index contributed by atoms with van der Waals surface area (Å²) in [7, 11) is 0. The van der Waals surface area contributed by atoms with Crippen LogP contribution in [0, 0.1) is 0 Å². The maximum Gasteiger partial charge on any atom is 0.119 e. The van der Waals surface area contributed by atoms with Crippen molar-refractivity contribution >= 4 is 0 Å². The minimum atomic E-state index is 0.00904. The molecule has 0 amide bonds. The summed E-state index contributed by atoms with van der Waals surface area (Å²) >= 11 is 0. The maximum absolute atomic E-state index is 6.12. The first-order valence-corrected chi connectivity index (χ1v) is 7.03. The van der Waals surface area contributed by atoms with Crippen molar-refractivity contribution in [3.05, 3.63) is 34.9 Å². The average molecular weight is 245 g/mol. The van der Waals surface area contributed by atoms with Crippen LogP contribution in [0.1, 0.15) is 50.3 Å². The fraction of sp³-hybridized carbons (Fsp3) is 0.625. The molecule has 0 atom stereocenters. The van der Waals surface area contributed by atoms with E-state index in [-0.39, 0.29) is 5.60 Å². The second kappa shape index (κ2) is 4.07. The van der Waals surface area contributed by atoms with E-state index >= 15 is 0 Å². The summed E-state index contributed by atoms with van der Waals surface area (Å²) < 4.78 is 6.12. The van der Waals surface area contributed by atoms with Crippen LogP contribution in [0.5, 0.6) is 0 Å². The Morgan fingerprint density at radius 1 is 1.17 bits per heavy atom. The molecular weight excluding hydrogens is 222 g/mol. The Labute approximate surface area is 110 Å². The van der Waals surface area contributed by atoms with E-state index in [1.165, 1.54) is 16.7 Å². The van der Waals surface area contributed by atoms with Crippen LogP contribution >= 0.6 is 0 Å². The predicted octanol–water partition coefficient (Wildman–Crippen LogP) is 3.26. The third-order valence-electron chi connectivity index (χ3n) is 4.44. The first kappa shape index (κ1) is 12.2. The number of benzene rings is 1. The zero-order valence-electron chi connectivity index (χ0n) is 11.9. The van der Waals surface area contributed by atoms with Crippen molar-refractivity contribution in [2.75, 3.05) is 13.1 Å². The van der Waals surface area contributed by atoms with Crippen molar-refractivity contribution in [1.29, 1.82) is 0 Å². The lowest BCUT2D eigenvalue weighted by molar-refractivity contribution is -0.151. The normalized spacial score (nSPS) is 21.7. The van der Waals surface area contributed by atoms with Gasteiger partial charge in [0.25, 0.3) is 0 Å². The Bertz CT molecular complexity index is 458. The van der Waals surface area contributed by atoms with E-state index in [4.69, 9.17) is 4.74 Å². The van der Waals surface area contributed by atoms with Crippen molar-refractivity contribution in [1.82, 2.24) is 4.90 Å². The van der Waals surface area contributed by atoms with Gasteiger partial charge in [-0.15, -0.1) is 0 Å². The number of hydrogen-bond acceptors (Lipinski definition) is 2. The molecule has 1 fully saturated rings. The lowest BCUT2D eigenvalue weighted by Crippen LogP contribution is -2.61. The van der Waals surface area contributed by atoms with Crippen molar-refractivity contribution < 1.29 is 4.74 Å². The largest absolute Gasteiger partial charge is 0.363 e. The molecule has 0 bridgehead atoms. The molecule has 2 nitrogen and oxygen atoms in total. The Morgan fingerprint density at radius 2 is 1.89 bits per heavy atom. The van der Waals surface area contributed by atoms with Crippen LogP contribution in [0.2, 0.25) is 0 Å². The summed E-state index contributed by atoms with van der Waals surface area (Å²) in [5.41, 5.74) is 4.28. The molecule has 1 aromatic carbocycles. The number of likely N-dealkylation sites (tertiary alicyclic amines) is 1. The van der Waals surface area contributed by atoms with E-state index in [1.807, 2.05) is 0 Å². The number of rotatable bonds is 2. The minimum Gasteiger partial charge on any atom is -0.363 e. The molecule has 0 N–H and O–H groups in total. The van der Waals surface area contributed by atoms with Gasteiger partial charge in [0.15, 0.2) is 0 Å². The zero-order chi connectivity index (χ0) is 12.9. The maximum atomic E-state index is 6.12. The van der Waals surface area contributed by atoms with Crippen LogP contribution in [0.3, 0.4) is 0 Å². The highest BCUT2D eigenvalue weighted by molar-refractivity contribution is 5.41. The molecule has 0 aromatic heterocycles. The number of fused-ring (bicyclic) bond motifs is 2. The average Bonchev–Trinajstić information content (AvgIpc) is 2.64. The van der Waals surface area contributed by atoms with Gasteiger partial charge in [-0.2, -0.15) is 0 Å². The van der Waals surface area contributed by atoms with Gasteiger partial charge in [-0.3, -0.25) is 4.90 Å². The summed E-state index contributed by atoms with van der Waals surface area (Å²) in [5.74, 6) is 0.598. The molecule has 98 valence electrons. The quantitative estimate of drug-likeness (QED) is 0.793. The van der Waals surface area contributed by atoms with Gasteiger partial charge in [-0.1, -0.05) is 32.0 Å². The molecule has 0 saturated carbocycles. The molecule has 2 aliphatic heterocycles. The van der Waals surface area contributed by atoms with Crippen LogP contribution in [-0.2, 0) is 16.9 Å². The third kappa shape index (κ3) is 1.70. The first-order valence-electron chi connectivity index (χ1n) is 7.03. The molecule has 2 heteroatoms. The molecule has 0 radical (unpaired) electrons. The van der Waals surface area contributed by atoms with Gasteiger partial charge in [0, 0.05) is 19.1 Å². The summed E-state index contributed by atoms with van der Waals surface area (Å²) in [6, 6.07) is 7.54. The molecule has 3 rings (SSSR count). The summed E-state index contributed by atoms with van der Waals surface area (Å²) in [5, 5.41) is 0. The van der Waals surface area contributed by atoms with E-state index < -0.39 is 0 Å². The minimum absolute atomic E-state index is 0.00904. The number of ether oxygens (including phenoxy) is 1. The second-order valence-electron chi connectivity index (χ2n) is 6.35. The molecule has 1 spiro atoms. The van der Waals surface area contributed by atoms with E-state index in [1.54, 1.807) is 0 Å². The van der Waals surface area contributed by atoms with E-state index in [2.05, 4.69) is 50.8 Å². The molecule has 0 unspecified atom stereocenters. The monoisotopic (exact) mass is 245 g/mol. The van der Waals surface area contributed by atoms with Gasteiger partial charge in [0.2, 0.25) is 0 Å². The van der Waals surface area contributed by atoms with Gasteiger partial charge in [0.1, 0.15) is 5.60 Å². The molecule has 1 saturated heterocycles. The zero-order valence-corrected chi connectivity index (χ0v) is 11.9. The molecule has 0 aliphatic carbocycles. The highest BCUT2D eigenvalue weighted by atomic mass is 16.5. The lowest BCUT2D eigenvalue weighted by atomic mass is 9.83. The molecule has 2 heterocycles. The molecule has 18 heavy (non-hydrogen) atoms. The van der Waals surface area contributed by atoms with E-state index in [9.17, 15) is 0 Å². The topological polar surface area (TPSA) is 12.5 Å². The van der Waals surface area contributed by atoms with Gasteiger partial charge in [-0.25, -0.2) is 0 Å². The highest BCUT2D eigenvalue weighted by Crippen LogP contribution is 2.44. The van der Waals surface area contributed by atoms with Crippen LogP contribution in [0.4, 0.5) is 0 Å². The lowest BCUT2D eigenvalue weighted by Gasteiger charge is -2.49. The van der Waals surface area contributed by atoms with Crippen LogP contribution in [0.25, 0.3) is 0 Å². The van der Waals surface area contributed by atoms with Crippen molar-refractivity contribution in [2.45, 2.75) is 51.9 Å². The predicted molar refractivity (Wildman–Crippen MR) is 73.7 cm³/mol. The Morgan fingerprint density at radius 3 is 2.50 bits per heavy atom. The summed E-state index contributed by atoms with van der Waals surface area (Å²) in [6.07, 6.45) is 0. The van der Waals surface area contributed by atoms with Gasteiger partial charge >= 0.3 is 0 Å². The number of nitrogens with zero attached hydrogens (tertiary/aromatic N) is 1. The second-order valence-corrected chi connectivity index (χ2v) is 6.35. The van der Waals surface area contributed by atoms with E-state index in [0.717, 1.165) is 19.7 Å². The Balaban J connectivity index is 1.86. The van der Waals surface area contributed by atoms with Crippen molar-refractivity contribution in [2.24, 2.45) is 0 Å². The third-order valence-corrected chi connectivity index (χ3v) is 4.44. The summed E-state index contributed by atoms with van der Waals surface area (Å²) in [4.78, 5) is 2.48. The Kier molecular flexibility index (Phi) is 2.76. The van der Waals surface area contributed by atoms with Gasteiger partial charge in [-0.05, 0) is 36.5 Å². The highest BCUT2D eigenvalue weighted by Gasteiger charge is 2.50. The first-order chi connectivity index (χ1) is 8.52. The van der Waals surface area contributed by atoms with E-state index in [0.29, 0.717) is 12.0 Å².